The SMILES string of the molecule is Cc1[nH]c2ccccc2c1CCNC(=O)N(C)Cc1ccco1. The van der Waals surface area contributed by atoms with Gasteiger partial charge >= 0.3 is 6.03 Å². The average Bonchev–Trinajstić information content (AvgIpc) is 3.15. The number of benzene rings is 1. The monoisotopic (exact) mass is 311 g/mol. The maximum atomic E-state index is 12.1. The van der Waals surface area contributed by atoms with Gasteiger partial charge in [0, 0.05) is 30.2 Å². The Morgan fingerprint density at radius 1 is 1.26 bits per heavy atom. The van der Waals surface area contributed by atoms with Crippen molar-refractivity contribution in [3.05, 3.63) is 59.7 Å². The molecule has 2 heterocycles. The number of aromatic nitrogens is 1. The Bertz CT molecular complexity index is 790. The number of hydrogen-bond acceptors (Lipinski definition) is 2. The highest BCUT2D eigenvalue weighted by molar-refractivity contribution is 5.84. The van der Waals surface area contributed by atoms with Gasteiger partial charge in [0.2, 0.25) is 0 Å². The molecule has 0 unspecified atom stereocenters. The van der Waals surface area contributed by atoms with Gasteiger partial charge in [0.25, 0.3) is 0 Å². The molecule has 2 aromatic heterocycles. The standard InChI is InChI=1S/C18H21N3O2/c1-13-15(16-7-3-4-8-17(16)20-13)9-10-19-18(22)21(2)12-14-6-5-11-23-14/h3-8,11,20H,9-10,12H2,1-2H3,(H,19,22). The van der Waals surface area contributed by atoms with Crippen molar-refractivity contribution < 1.29 is 9.21 Å². The van der Waals surface area contributed by atoms with Crippen LogP contribution in [0.15, 0.2) is 47.1 Å². The number of nitrogens with one attached hydrogen (secondary N) is 2. The van der Waals surface area contributed by atoms with Gasteiger partial charge < -0.3 is 19.6 Å². The number of hydrogen-bond donors (Lipinski definition) is 2. The van der Waals surface area contributed by atoms with Crippen molar-refractivity contribution in [2.24, 2.45) is 0 Å². The number of aryl methyl sites for hydroxylation is 1. The molecule has 0 saturated heterocycles. The third-order valence-corrected chi connectivity index (χ3v) is 4.00. The first-order chi connectivity index (χ1) is 11.1. The van der Waals surface area contributed by atoms with Crippen LogP contribution in [0.5, 0.6) is 0 Å². The van der Waals surface area contributed by atoms with Gasteiger partial charge in [-0.3, -0.25) is 0 Å². The van der Waals surface area contributed by atoms with E-state index in [0.29, 0.717) is 13.1 Å². The second-order valence-electron chi connectivity index (χ2n) is 5.69. The topological polar surface area (TPSA) is 61.3 Å². The minimum Gasteiger partial charge on any atom is -0.467 e. The van der Waals surface area contributed by atoms with E-state index in [9.17, 15) is 4.79 Å². The van der Waals surface area contributed by atoms with E-state index in [4.69, 9.17) is 4.42 Å². The van der Waals surface area contributed by atoms with Crippen molar-refractivity contribution in [3.8, 4) is 0 Å². The summed E-state index contributed by atoms with van der Waals surface area (Å²) in [7, 11) is 1.76. The molecule has 0 aliphatic heterocycles. The molecule has 120 valence electrons. The van der Waals surface area contributed by atoms with Crippen molar-refractivity contribution in [2.75, 3.05) is 13.6 Å². The summed E-state index contributed by atoms with van der Waals surface area (Å²) in [4.78, 5) is 17.1. The zero-order valence-corrected chi connectivity index (χ0v) is 13.4. The molecule has 0 atom stereocenters. The molecule has 1 aromatic carbocycles. The highest BCUT2D eigenvalue weighted by Gasteiger charge is 2.11. The van der Waals surface area contributed by atoms with Gasteiger partial charge in [0.05, 0.1) is 12.8 Å². The second kappa shape index (κ2) is 6.60. The summed E-state index contributed by atoms with van der Waals surface area (Å²) in [6.45, 7) is 3.13. The van der Waals surface area contributed by atoms with Crippen LogP contribution in [0.25, 0.3) is 10.9 Å². The van der Waals surface area contributed by atoms with Crippen LogP contribution in [0.1, 0.15) is 17.0 Å². The van der Waals surface area contributed by atoms with Crippen molar-refractivity contribution in [1.82, 2.24) is 15.2 Å². The molecule has 3 aromatic rings. The third-order valence-electron chi connectivity index (χ3n) is 4.00. The van der Waals surface area contributed by atoms with E-state index in [1.54, 1.807) is 18.2 Å². The van der Waals surface area contributed by atoms with Crippen LogP contribution in [0.4, 0.5) is 4.79 Å². The molecule has 0 aliphatic carbocycles. The van der Waals surface area contributed by atoms with Crippen LogP contribution in [-0.2, 0) is 13.0 Å². The maximum absolute atomic E-state index is 12.1. The Morgan fingerprint density at radius 3 is 2.87 bits per heavy atom. The zero-order valence-electron chi connectivity index (χ0n) is 13.4. The quantitative estimate of drug-likeness (QED) is 0.758. The minimum absolute atomic E-state index is 0.0982. The van der Waals surface area contributed by atoms with Crippen LogP contribution >= 0.6 is 0 Å². The molecule has 3 rings (SSSR count). The zero-order chi connectivity index (χ0) is 16.2. The predicted molar refractivity (Wildman–Crippen MR) is 90.3 cm³/mol. The molecule has 0 fully saturated rings. The summed E-state index contributed by atoms with van der Waals surface area (Å²) in [5, 5.41) is 4.18. The lowest BCUT2D eigenvalue weighted by Crippen LogP contribution is -2.37. The lowest BCUT2D eigenvalue weighted by molar-refractivity contribution is 0.203. The van der Waals surface area contributed by atoms with Crippen LogP contribution in [0, 0.1) is 6.92 Å². The maximum Gasteiger partial charge on any atom is 0.317 e. The molecular formula is C18H21N3O2. The predicted octanol–water partition coefficient (Wildman–Crippen LogP) is 3.45. The Hall–Kier alpha value is -2.69. The van der Waals surface area contributed by atoms with Gasteiger partial charge in [0.1, 0.15) is 5.76 Å². The van der Waals surface area contributed by atoms with Crippen molar-refractivity contribution >= 4 is 16.9 Å². The minimum atomic E-state index is -0.0982. The molecular weight excluding hydrogens is 290 g/mol. The lowest BCUT2D eigenvalue weighted by atomic mass is 10.1. The Kier molecular flexibility index (Phi) is 4.37. The van der Waals surface area contributed by atoms with E-state index in [0.717, 1.165) is 23.4 Å². The number of urea groups is 1. The number of aromatic amines is 1. The van der Waals surface area contributed by atoms with E-state index < -0.39 is 0 Å². The molecule has 2 N–H and O–H groups in total. The van der Waals surface area contributed by atoms with E-state index in [-0.39, 0.29) is 6.03 Å². The van der Waals surface area contributed by atoms with Gasteiger partial charge in [-0.25, -0.2) is 4.79 Å². The lowest BCUT2D eigenvalue weighted by Gasteiger charge is -2.16. The molecule has 2 amide bonds. The fourth-order valence-corrected chi connectivity index (χ4v) is 2.79. The number of nitrogens with zero attached hydrogens (tertiary/aromatic N) is 1. The highest BCUT2D eigenvalue weighted by Crippen LogP contribution is 2.21. The average molecular weight is 311 g/mol. The molecule has 0 radical (unpaired) electrons. The summed E-state index contributed by atoms with van der Waals surface area (Å²) < 4.78 is 5.26. The fraction of sp³-hybridized carbons (Fsp3) is 0.278. The number of furan rings is 1. The first-order valence-electron chi connectivity index (χ1n) is 7.72. The molecule has 23 heavy (non-hydrogen) atoms. The van der Waals surface area contributed by atoms with E-state index in [1.807, 2.05) is 24.3 Å². The molecule has 0 aliphatic rings. The number of amides is 2. The van der Waals surface area contributed by atoms with Gasteiger partial charge in [-0.15, -0.1) is 0 Å². The summed E-state index contributed by atoms with van der Waals surface area (Å²) in [6.07, 6.45) is 2.41. The van der Waals surface area contributed by atoms with Crippen LogP contribution in [0.2, 0.25) is 0 Å². The van der Waals surface area contributed by atoms with Crippen LogP contribution in [0.3, 0.4) is 0 Å². The van der Waals surface area contributed by atoms with E-state index in [2.05, 4.69) is 29.4 Å². The van der Waals surface area contributed by atoms with Gasteiger partial charge in [-0.2, -0.15) is 0 Å². The largest absolute Gasteiger partial charge is 0.467 e. The second-order valence-corrected chi connectivity index (χ2v) is 5.69. The number of carbonyl (C=O) groups excluding carboxylic acids is 1. The van der Waals surface area contributed by atoms with Crippen molar-refractivity contribution in [1.29, 1.82) is 0 Å². The smallest absolute Gasteiger partial charge is 0.317 e. The number of rotatable bonds is 5. The van der Waals surface area contributed by atoms with E-state index >= 15 is 0 Å². The molecule has 5 heteroatoms. The summed E-state index contributed by atoms with van der Waals surface area (Å²) >= 11 is 0. The number of fused-ring (bicyclic) bond motifs is 1. The fourth-order valence-electron chi connectivity index (χ4n) is 2.79. The van der Waals surface area contributed by atoms with Crippen molar-refractivity contribution in [3.63, 3.8) is 0 Å². The third kappa shape index (κ3) is 3.39. The Labute approximate surface area is 135 Å². The molecule has 0 bridgehead atoms. The number of H-pyrrole nitrogens is 1. The normalized spacial score (nSPS) is 10.9. The highest BCUT2D eigenvalue weighted by atomic mass is 16.3. The number of para-hydroxylation sites is 1. The number of carbonyl (C=O) groups is 1. The van der Waals surface area contributed by atoms with Gasteiger partial charge in [0.15, 0.2) is 0 Å². The first-order valence-corrected chi connectivity index (χ1v) is 7.72. The molecule has 5 nitrogen and oxygen atoms in total. The van der Waals surface area contributed by atoms with Crippen molar-refractivity contribution in [2.45, 2.75) is 19.9 Å². The van der Waals surface area contributed by atoms with Gasteiger partial charge in [-0.1, -0.05) is 18.2 Å². The summed E-state index contributed by atoms with van der Waals surface area (Å²) in [6, 6.07) is 11.8. The van der Waals surface area contributed by atoms with Gasteiger partial charge in [-0.05, 0) is 37.1 Å². The first kappa shape index (κ1) is 15.2. The Balaban J connectivity index is 1.56. The Morgan fingerprint density at radius 2 is 2.09 bits per heavy atom. The summed E-state index contributed by atoms with van der Waals surface area (Å²) in [5.41, 5.74) is 3.56. The molecule has 0 spiro atoms. The van der Waals surface area contributed by atoms with E-state index in [1.165, 1.54) is 10.9 Å². The molecule has 0 saturated carbocycles. The van der Waals surface area contributed by atoms with Crippen LogP contribution in [-0.4, -0.2) is 29.5 Å². The van der Waals surface area contributed by atoms with Crippen LogP contribution < -0.4 is 5.32 Å². The summed E-state index contributed by atoms with van der Waals surface area (Å²) in [5.74, 6) is 0.773.